The Labute approximate surface area is 96.9 Å². The van der Waals surface area contributed by atoms with Gasteiger partial charge in [0.2, 0.25) is 0 Å². The van der Waals surface area contributed by atoms with Crippen molar-refractivity contribution in [2.75, 3.05) is 19.6 Å². The summed E-state index contributed by atoms with van der Waals surface area (Å²) >= 11 is 0. The number of piperidine rings is 3. The van der Waals surface area contributed by atoms with Gasteiger partial charge in [0.25, 0.3) is 0 Å². The lowest BCUT2D eigenvalue weighted by Gasteiger charge is -2.47. The zero-order valence-electron chi connectivity index (χ0n) is 9.68. The van der Waals surface area contributed by atoms with Crippen LogP contribution in [0.3, 0.4) is 0 Å². The van der Waals surface area contributed by atoms with Gasteiger partial charge in [-0.15, -0.1) is 0 Å². The third-order valence-corrected chi connectivity index (χ3v) is 4.36. The van der Waals surface area contributed by atoms with Crippen molar-refractivity contribution in [3.05, 3.63) is 11.6 Å². The Balaban J connectivity index is 1.72. The van der Waals surface area contributed by atoms with Crippen molar-refractivity contribution < 1.29 is 5.11 Å². The van der Waals surface area contributed by atoms with Crippen molar-refractivity contribution in [3.63, 3.8) is 0 Å². The number of hydrogen-bond acceptors (Lipinski definition) is 3. The van der Waals surface area contributed by atoms with E-state index in [0.717, 1.165) is 18.9 Å². The number of aliphatic imine (C=N–C) groups is 1. The summed E-state index contributed by atoms with van der Waals surface area (Å²) in [7, 11) is 0. The van der Waals surface area contributed by atoms with Crippen molar-refractivity contribution in [3.8, 4) is 0 Å². The molecule has 1 N–H and O–H groups in total. The second-order valence-corrected chi connectivity index (χ2v) is 5.27. The molecule has 4 aliphatic heterocycles. The number of aliphatic hydroxyl groups excluding tert-OH is 1. The van der Waals surface area contributed by atoms with Gasteiger partial charge >= 0.3 is 0 Å². The number of dihydropyridines is 1. The highest BCUT2D eigenvalue weighted by atomic mass is 16.3. The lowest BCUT2D eigenvalue weighted by molar-refractivity contribution is -0.0127. The molecule has 2 atom stereocenters. The Kier molecular flexibility index (Phi) is 2.82. The van der Waals surface area contributed by atoms with Gasteiger partial charge in [-0.2, -0.15) is 0 Å². The summed E-state index contributed by atoms with van der Waals surface area (Å²) in [5.41, 5.74) is 1.19. The Morgan fingerprint density at radius 3 is 2.75 bits per heavy atom. The molecule has 0 radical (unpaired) electrons. The van der Waals surface area contributed by atoms with E-state index in [1.807, 2.05) is 12.3 Å². The minimum Gasteiger partial charge on any atom is -0.387 e. The van der Waals surface area contributed by atoms with Gasteiger partial charge in [0.1, 0.15) is 0 Å². The molecule has 2 bridgehead atoms. The lowest BCUT2D eigenvalue weighted by Crippen LogP contribution is -2.54. The highest BCUT2D eigenvalue weighted by molar-refractivity contribution is 5.73. The molecule has 3 nitrogen and oxygen atoms in total. The SMILES string of the molecule is O[C@@H](C1=CC=NCC1)[C@H]1CC2CCN1CC2. The van der Waals surface area contributed by atoms with Crippen LogP contribution in [0.1, 0.15) is 25.7 Å². The van der Waals surface area contributed by atoms with Crippen LogP contribution < -0.4 is 0 Å². The van der Waals surface area contributed by atoms with Crippen molar-refractivity contribution in [2.45, 2.75) is 37.8 Å². The van der Waals surface area contributed by atoms with E-state index in [9.17, 15) is 5.11 Å². The Hall–Kier alpha value is -0.670. The molecule has 0 aromatic rings. The fourth-order valence-electron chi connectivity index (χ4n) is 3.33. The first-order chi connectivity index (χ1) is 7.84. The van der Waals surface area contributed by atoms with Gasteiger partial charge in [-0.05, 0) is 56.3 Å². The van der Waals surface area contributed by atoms with Gasteiger partial charge in [-0.1, -0.05) is 0 Å². The molecule has 0 aromatic heterocycles. The lowest BCUT2D eigenvalue weighted by atomic mass is 9.79. The van der Waals surface area contributed by atoms with Crippen LogP contribution in [-0.4, -0.2) is 48.0 Å². The van der Waals surface area contributed by atoms with Crippen molar-refractivity contribution in [1.29, 1.82) is 0 Å². The number of rotatable bonds is 2. The summed E-state index contributed by atoms with van der Waals surface area (Å²) in [4.78, 5) is 6.66. The molecular weight excluding hydrogens is 200 g/mol. The van der Waals surface area contributed by atoms with Gasteiger partial charge in [0.05, 0.1) is 6.10 Å². The molecule has 0 amide bonds. The second kappa shape index (κ2) is 4.30. The summed E-state index contributed by atoms with van der Waals surface area (Å²) < 4.78 is 0. The smallest absolute Gasteiger partial charge is 0.0909 e. The largest absolute Gasteiger partial charge is 0.387 e. The molecule has 0 aliphatic carbocycles. The maximum Gasteiger partial charge on any atom is 0.0909 e. The number of allylic oxidation sites excluding steroid dienone is 1. The van der Waals surface area contributed by atoms with E-state index in [0.29, 0.717) is 6.04 Å². The minimum absolute atomic E-state index is 0.255. The van der Waals surface area contributed by atoms with Gasteiger partial charge in [-0.25, -0.2) is 0 Å². The average Bonchev–Trinajstić information content (AvgIpc) is 2.40. The Morgan fingerprint density at radius 2 is 2.19 bits per heavy atom. The standard InChI is InChI=1S/C13H20N2O/c16-13(11-1-5-14-6-2-11)12-9-10-3-7-15(12)8-4-10/h1,5,10,12-13,16H,2-4,6-9H2/t12-,13+/m1/s1. The fraction of sp³-hybridized carbons (Fsp3) is 0.769. The van der Waals surface area contributed by atoms with Crippen LogP contribution in [0.15, 0.2) is 16.6 Å². The maximum absolute atomic E-state index is 10.4. The van der Waals surface area contributed by atoms with E-state index in [1.165, 1.54) is 37.9 Å². The van der Waals surface area contributed by atoms with Gasteiger partial charge in [0, 0.05) is 18.8 Å². The number of fused-ring (bicyclic) bond motifs is 3. The first-order valence-electron chi connectivity index (χ1n) is 6.45. The fourth-order valence-corrected chi connectivity index (χ4v) is 3.33. The third kappa shape index (κ3) is 1.82. The average molecular weight is 220 g/mol. The van der Waals surface area contributed by atoms with E-state index < -0.39 is 0 Å². The second-order valence-electron chi connectivity index (χ2n) is 5.27. The summed E-state index contributed by atoms with van der Waals surface area (Å²) in [6, 6.07) is 0.380. The predicted molar refractivity (Wildman–Crippen MR) is 64.8 cm³/mol. The molecule has 0 spiro atoms. The summed E-state index contributed by atoms with van der Waals surface area (Å²) in [5.74, 6) is 0.863. The van der Waals surface area contributed by atoms with Crippen LogP contribution >= 0.6 is 0 Å². The Bertz CT molecular complexity index is 316. The predicted octanol–water partition coefficient (Wildman–Crippen LogP) is 1.23. The maximum atomic E-state index is 10.4. The van der Waals surface area contributed by atoms with Gasteiger partial charge in [0.15, 0.2) is 0 Å². The molecule has 0 saturated carbocycles. The molecule has 0 aromatic carbocycles. The summed E-state index contributed by atoms with van der Waals surface area (Å²) in [6.07, 6.45) is 8.40. The van der Waals surface area contributed by atoms with E-state index in [2.05, 4.69) is 9.89 Å². The molecule has 16 heavy (non-hydrogen) atoms. The van der Waals surface area contributed by atoms with Crippen molar-refractivity contribution in [1.82, 2.24) is 4.90 Å². The van der Waals surface area contributed by atoms with Crippen LogP contribution in [-0.2, 0) is 0 Å². The zero-order chi connectivity index (χ0) is 11.0. The van der Waals surface area contributed by atoms with Gasteiger partial charge in [-0.3, -0.25) is 9.89 Å². The quantitative estimate of drug-likeness (QED) is 0.760. The third-order valence-electron chi connectivity index (χ3n) is 4.36. The van der Waals surface area contributed by atoms with E-state index >= 15 is 0 Å². The first kappa shape index (κ1) is 10.5. The van der Waals surface area contributed by atoms with Crippen LogP contribution in [0.25, 0.3) is 0 Å². The molecule has 3 fully saturated rings. The van der Waals surface area contributed by atoms with Crippen molar-refractivity contribution in [2.24, 2.45) is 10.9 Å². The van der Waals surface area contributed by atoms with Crippen LogP contribution in [0.4, 0.5) is 0 Å². The molecule has 4 aliphatic rings. The van der Waals surface area contributed by atoms with Crippen LogP contribution in [0.5, 0.6) is 0 Å². The molecule has 88 valence electrons. The first-order valence-corrected chi connectivity index (χ1v) is 6.45. The van der Waals surface area contributed by atoms with Crippen molar-refractivity contribution >= 4 is 6.21 Å². The normalized spacial score (nSPS) is 39.6. The molecule has 3 saturated heterocycles. The number of nitrogens with zero attached hydrogens (tertiary/aromatic N) is 2. The zero-order valence-corrected chi connectivity index (χ0v) is 9.68. The van der Waals surface area contributed by atoms with E-state index in [4.69, 9.17) is 0 Å². The monoisotopic (exact) mass is 220 g/mol. The highest BCUT2D eigenvalue weighted by Crippen LogP contribution is 2.35. The van der Waals surface area contributed by atoms with E-state index in [1.54, 1.807) is 0 Å². The molecule has 3 heteroatoms. The highest BCUT2D eigenvalue weighted by Gasteiger charge is 2.38. The van der Waals surface area contributed by atoms with Crippen LogP contribution in [0.2, 0.25) is 0 Å². The van der Waals surface area contributed by atoms with Crippen LogP contribution in [0, 0.1) is 5.92 Å². The molecular formula is C13H20N2O. The molecule has 4 heterocycles. The topological polar surface area (TPSA) is 35.8 Å². The number of hydrogen-bond donors (Lipinski definition) is 1. The van der Waals surface area contributed by atoms with Gasteiger partial charge < -0.3 is 5.11 Å². The minimum atomic E-state index is -0.255. The van der Waals surface area contributed by atoms with E-state index in [-0.39, 0.29) is 6.10 Å². The Morgan fingerprint density at radius 1 is 1.38 bits per heavy atom. The number of aliphatic hydroxyl groups is 1. The summed E-state index contributed by atoms with van der Waals surface area (Å²) in [5, 5.41) is 10.4. The molecule has 0 unspecified atom stereocenters. The summed E-state index contributed by atoms with van der Waals surface area (Å²) in [6.45, 7) is 3.22. The molecule has 4 rings (SSSR count).